The zero-order valence-electron chi connectivity index (χ0n) is 12.2. The molecule has 1 aromatic carbocycles. The van der Waals surface area contributed by atoms with E-state index in [1.807, 2.05) is 30.3 Å². The Morgan fingerprint density at radius 3 is 2.33 bits per heavy atom. The molecule has 2 aromatic rings. The molecule has 6 heteroatoms. The second-order valence-electron chi connectivity index (χ2n) is 6.01. The molecular weight excluding hydrogens is 286 g/mol. The minimum Gasteiger partial charge on any atom is -0.384 e. The van der Waals surface area contributed by atoms with Crippen LogP contribution in [0, 0.1) is 0 Å². The summed E-state index contributed by atoms with van der Waals surface area (Å²) in [5.41, 5.74) is 8.53. The third-order valence-corrected chi connectivity index (χ3v) is 5.18. The molecule has 2 N–H and O–H groups in total. The third kappa shape index (κ3) is 2.81. The van der Waals surface area contributed by atoms with E-state index in [0.29, 0.717) is 5.82 Å². The van der Waals surface area contributed by atoms with E-state index < -0.39 is 9.84 Å². The maximum absolute atomic E-state index is 11.6. The van der Waals surface area contributed by atoms with Gasteiger partial charge in [0.25, 0.3) is 0 Å². The van der Waals surface area contributed by atoms with Crippen LogP contribution in [0.4, 0.5) is 5.82 Å². The van der Waals surface area contributed by atoms with Crippen LogP contribution < -0.4 is 5.73 Å². The van der Waals surface area contributed by atoms with Crippen LogP contribution >= 0.6 is 0 Å². The highest BCUT2D eigenvalue weighted by molar-refractivity contribution is 7.90. The topological polar surface area (TPSA) is 78.0 Å². The average molecular weight is 305 g/mol. The number of nitrogens with zero attached hydrogens (tertiary/aromatic N) is 2. The molecule has 1 saturated carbocycles. The molecule has 0 unspecified atom stereocenters. The SMILES string of the molecule is Cn1nc(-c2ccc(C3(CS(C)(=O)=O)CC3)cc2)cc1N. The zero-order chi connectivity index (χ0) is 15.3. The lowest BCUT2D eigenvalue weighted by Gasteiger charge is -2.14. The summed E-state index contributed by atoms with van der Waals surface area (Å²) in [5.74, 6) is 0.848. The largest absolute Gasteiger partial charge is 0.384 e. The molecule has 3 rings (SSSR count). The molecule has 1 aliphatic carbocycles. The van der Waals surface area contributed by atoms with Gasteiger partial charge in [-0.2, -0.15) is 5.10 Å². The number of rotatable bonds is 4. The van der Waals surface area contributed by atoms with Crippen LogP contribution in [0.2, 0.25) is 0 Å². The molecule has 5 nitrogen and oxygen atoms in total. The molecule has 21 heavy (non-hydrogen) atoms. The summed E-state index contributed by atoms with van der Waals surface area (Å²) in [7, 11) is -1.16. The molecule has 0 aliphatic heterocycles. The quantitative estimate of drug-likeness (QED) is 0.933. The van der Waals surface area contributed by atoms with E-state index in [1.54, 1.807) is 11.7 Å². The first-order valence-corrected chi connectivity index (χ1v) is 8.93. The number of anilines is 1. The smallest absolute Gasteiger partial charge is 0.148 e. The van der Waals surface area contributed by atoms with Gasteiger partial charge in [0.1, 0.15) is 15.7 Å². The first-order chi connectivity index (χ1) is 9.79. The fraction of sp³-hybridized carbons (Fsp3) is 0.400. The zero-order valence-corrected chi connectivity index (χ0v) is 13.0. The van der Waals surface area contributed by atoms with Crippen LogP contribution in [0.1, 0.15) is 18.4 Å². The van der Waals surface area contributed by atoms with Crippen LogP contribution in [0.3, 0.4) is 0 Å². The van der Waals surface area contributed by atoms with Gasteiger partial charge in [-0.25, -0.2) is 8.42 Å². The Balaban J connectivity index is 1.88. The summed E-state index contributed by atoms with van der Waals surface area (Å²) in [6.45, 7) is 0. The van der Waals surface area contributed by atoms with Crippen LogP contribution in [-0.2, 0) is 22.3 Å². The van der Waals surface area contributed by atoms with Gasteiger partial charge in [-0.3, -0.25) is 4.68 Å². The van der Waals surface area contributed by atoms with Gasteiger partial charge in [0.05, 0.1) is 11.4 Å². The van der Waals surface area contributed by atoms with Gasteiger partial charge in [0, 0.05) is 30.3 Å². The molecular formula is C15H19N3O2S. The van der Waals surface area contributed by atoms with Gasteiger partial charge in [-0.05, 0) is 18.4 Å². The fourth-order valence-electron chi connectivity index (χ4n) is 2.79. The molecule has 1 fully saturated rings. The van der Waals surface area contributed by atoms with E-state index in [4.69, 9.17) is 5.73 Å². The Bertz CT molecular complexity index is 752. The van der Waals surface area contributed by atoms with Crippen LogP contribution in [0.15, 0.2) is 30.3 Å². The summed E-state index contributed by atoms with van der Waals surface area (Å²) in [6.07, 6.45) is 3.18. The monoisotopic (exact) mass is 305 g/mol. The molecule has 112 valence electrons. The Labute approximate surface area is 124 Å². The van der Waals surface area contributed by atoms with E-state index >= 15 is 0 Å². The van der Waals surface area contributed by atoms with Crippen molar-refractivity contribution in [1.82, 2.24) is 9.78 Å². The number of nitrogens with two attached hydrogens (primary N) is 1. The summed E-state index contributed by atoms with van der Waals surface area (Å²) < 4.78 is 24.8. The predicted octanol–water partition coefficient (Wildman–Crippen LogP) is 1.75. The standard InChI is InChI=1S/C15H19N3O2S/c1-18-14(16)9-13(17-18)11-3-5-12(6-4-11)15(7-8-15)10-21(2,19)20/h3-6,9H,7-8,10,16H2,1-2H3. The van der Waals surface area contributed by atoms with E-state index in [2.05, 4.69) is 5.10 Å². The lowest BCUT2D eigenvalue weighted by atomic mass is 9.96. The van der Waals surface area contributed by atoms with Crippen molar-refractivity contribution in [2.24, 2.45) is 7.05 Å². The Morgan fingerprint density at radius 1 is 1.29 bits per heavy atom. The molecule has 0 radical (unpaired) electrons. The lowest BCUT2D eigenvalue weighted by molar-refractivity contribution is 0.592. The number of aromatic nitrogens is 2. The highest BCUT2D eigenvalue weighted by atomic mass is 32.2. The van der Waals surface area contributed by atoms with Crippen molar-refractivity contribution in [3.8, 4) is 11.3 Å². The van der Waals surface area contributed by atoms with E-state index in [-0.39, 0.29) is 11.2 Å². The van der Waals surface area contributed by atoms with E-state index in [9.17, 15) is 8.42 Å². The van der Waals surface area contributed by atoms with Crippen molar-refractivity contribution in [3.05, 3.63) is 35.9 Å². The molecule has 0 atom stereocenters. The second kappa shape index (κ2) is 4.59. The van der Waals surface area contributed by atoms with Crippen molar-refractivity contribution in [2.75, 3.05) is 17.7 Å². The van der Waals surface area contributed by atoms with Gasteiger partial charge in [0.2, 0.25) is 0 Å². The summed E-state index contributed by atoms with van der Waals surface area (Å²) in [6, 6.07) is 9.83. The number of hydrogen-bond donors (Lipinski definition) is 1. The number of hydrogen-bond acceptors (Lipinski definition) is 4. The minimum atomic E-state index is -2.96. The highest BCUT2D eigenvalue weighted by Gasteiger charge is 2.46. The van der Waals surface area contributed by atoms with Gasteiger partial charge in [0.15, 0.2) is 0 Å². The van der Waals surface area contributed by atoms with Gasteiger partial charge >= 0.3 is 0 Å². The Morgan fingerprint density at radius 2 is 1.90 bits per heavy atom. The van der Waals surface area contributed by atoms with Crippen LogP contribution in [0.25, 0.3) is 11.3 Å². The number of nitrogen functional groups attached to an aromatic ring is 1. The molecule has 1 aromatic heterocycles. The highest BCUT2D eigenvalue weighted by Crippen LogP contribution is 2.49. The van der Waals surface area contributed by atoms with E-state index in [1.165, 1.54) is 6.26 Å². The predicted molar refractivity (Wildman–Crippen MR) is 83.7 cm³/mol. The van der Waals surface area contributed by atoms with E-state index in [0.717, 1.165) is 29.7 Å². The minimum absolute atomic E-state index is 0.171. The average Bonchev–Trinajstić information content (AvgIpc) is 3.08. The summed E-state index contributed by atoms with van der Waals surface area (Å²) >= 11 is 0. The third-order valence-electron chi connectivity index (χ3n) is 4.10. The first kappa shape index (κ1) is 14.1. The van der Waals surface area contributed by atoms with Gasteiger partial charge in [-0.1, -0.05) is 24.3 Å². The van der Waals surface area contributed by atoms with Crippen molar-refractivity contribution < 1.29 is 8.42 Å². The Hall–Kier alpha value is -1.82. The number of aryl methyl sites for hydroxylation is 1. The number of benzene rings is 1. The maximum atomic E-state index is 11.6. The normalized spacial score (nSPS) is 16.9. The number of sulfone groups is 1. The molecule has 1 heterocycles. The van der Waals surface area contributed by atoms with Crippen molar-refractivity contribution in [2.45, 2.75) is 18.3 Å². The van der Waals surface area contributed by atoms with Crippen molar-refractivity contribution in [3.63, 3.8) is 0 Å². The summed E-state index contributed by atoms with van der Waals surface area (Å²) in [4.78, 5) is 0. The molecule has 0 saturated heterocycles. The molecule has 0 bridgehead atoms. The molecule has 0 amide bonds. The van der Waals surface area contributed by atoms with Crippen molar-refractivity contribution >= 4 is 15.7 Å². The van der Waals surface area contributed by atoms with Gasteiger partial charge < -0.3 is 5.73 Å². The first-order valence-electron chi connectivity index (χ1n) is 6.87. The van der Waals surface area contributed by atoms with Crippen LogP contribution in [0.5, 0.6) is 0 Å². The van der Waals surface area contributed by atoms with Gasteiger partial charge in [-0.15, -0.1) is 0 Å². The van der Waals surface area contributed by atoms with Crippen molar-refractivity contribution in [1.29, 1.82) is 0 Å². The molecule has 0 spiro atoms. The van der Waals surface area contributed by atoms with Crippen LogP contribution in [-0.4, -0.2) is 30.2 Å². The maximum Gasteiger partial charge on any atom is 0.148 e. The Kier molecular flexibility index (Phi) is 3.09. The molecule has 1 aliphatic rings. The summed E-state index contributed by atoms with van der Waals surface area (Å²) in [5, 5.41) is 4.34. The fourth-order valence-corrected chi connectivity index (χ4v) is 4.25. The second-order valence-corrected chi connectivity index (χ2v) is 8.15. The lowest BCUT2D eigenvalue weighted by Crippen LogP contribution is -2.19.